The first-order valence-corrected chi connectivity index (χ1v) is 6.92. The quantitative estimate of drug-likeness (QED) is 0.927. The molecule has 1 aromatic heterocycles. The molecule has 2 atom stereocenters. The third kappa shape index (κ3) is 2.72. The molecule has 17 heavy (non-hydrogen) atoms. The fourth-order valence-electron chi connectivity index (χ4n) is 2.51. The Balaban J connectivity index is 1.97. The Labute approximate surface area is 111 Å². The van der Waals surface area contributed by atoms with Gasteiger partial charge in [-0.15, -0.1) is 0 Å². The highest BCUT2D eigenvalue weighted by atomic mass is 79.9. The maximum atomic E-state index is 6.00. The van der Waals surface area contributed by atoms with Gasteiger partial charge in [-0.3, -0.25) is 4.68 Å². The van der Waals surface area contributed by atoms with Gasteiger partial charge < -0.3 is 10.5 Å². The largest absolute Gasteiger partial charge is 0.372 e. The highest BCUT2D eigenvalue weighted by molar-refractivity contribution is 9.10. The summed E-state index contributed by atoms with van der Waals surface area (Å²) in [5.41, 5.74) is 7.86. The van der Waals surface area contributed by atoms with Gasteiger partial charge in [0, 0.05) is 7.05 Å². The Morgan fingerprint density at radius 3 is 2.88 bits per heavy atom. The first-order chi connectivity index (χ1) is 8.13. The van der Waals surface area contributed by atoms with E-state index in [1.807, 2.05) is 18.7 Å². The summed E-state index contributed by atoms with van der Waals surface area (Å²) < 4.78 is 8.94. The van der Waals surface area contributed by atoms with E-state index in [0.29, 0.717) is 18.6 Å². The topological polar surface area (TPSA) is 53.1 Å². The van der Waals surface area contributed by atoms with Crippen LogP contribution in [0.5, 0.6) is 0 Å². The van der Waals surface area contributed by atoms with Crippen molar-refractivity contribution in [3.8, 4) is 0 Å². The molecule has 1 aliphatic carbocycles. The number of hydrogen-bond donors (Lipinski definition) is 1. The molecule has 1 aromatic rings. The second-order valence-electron chi connectivity index (χ2n) is 4.75. The van der Waals surface area contributed by atoms with Gasteiger partial charge in [-0.05, 0) is 48.2 Å². The molecule has 2 rings (SSSR count). The van der Waals surface area contributed by atoms with Crippen molar-refractivity contribution in [2.75, 3.05) is 6.54 Å². The van der Waals surface area contributed by atoms with E-state index >= 15 is 0 Å². The molecule has 0 aromatic carbocycles. The van der Waals surface area contributed by atoms with Crippen molar-refractivity contribution in [2.45, 2.75) is 38.9 Å². The fourth-order valence-corrected chi connectivity index (χ4v) is 2.97. The minimum atomic E-state index is 0.321. The van der Waals surface area contributed by atoms with Gasteiger partial charge >= 0.3 is 0 Å². The van der Waals surface area contributed by atoms with Crippen LogP contribution in [-0.2, 0) is 18.4 Å². The first kappa shape index (κ1) is 13.1. The zero-order valence-corrected chi connectivity index (χ0v) is 12.0. The Morgan fingerprint density at radius 2 is 2.29 bits per heavy atom. The van der Waals surface area contributed by atoms with Gasteiger partial charge in [0.1, 0.15) is 0 Å². The number of hydrogen-bond acceptors (Lipinski definition) is 3. The SMILES string of the molecule is Cc1nn(C)c(COC2CCCC2CN)c1Br. The summed E-state index contributed by atoms with van der Waals surface area (Å²) in [6, 6.07) is 0. The van der Waals surface area contributed by atoms with E-state index in [1.165, 1.54) is 12.8 Å². The summed E-state index contributed by atoms with van der Waals surface area (Å²) in [4.78, 5) is 0. The highest BCUT2D eigenvalue weighted by Crippen LogP contribution is 2.29. The van der Waals surface area contributed by atoms with Crippen LogP contribution in [0.25, 0.3) is 0 Å². The average Bonchev–Trinajstić information content (AvgIpc) is 2.84. The second-order valence-corrected chi connectivity index (χ2v) is 5.54. The van der Waals surface area contributed by atoms with Crippen LogP contribution in [0.4, 0.5) is 0 Å². The van der Waals surface area contributed by atoms with Crippen molar-refractivity contribution in [3.05, 3.63) is 15.9 Å². The molecule has 1 aliphatic rings. The summed E-state index contributed by atoms with van der Waals surface area (Å²) in [5.74, 6) is 0.531. The molecule has 0 saturated heterocycles. The second kappa shape index (κ2) is 5.50. The van der Waals surface area contributed by atoms with Crippen LogP contribution >= 0.6 is 15.9 Å². The van der Waals surface area contributed by atoms with E-state index in [2.05, 4.69) is 21.0 Å². The van der Waals surface area contributed by atoms with Crippen molar-refractivity contribution >= 4 is 15.9 Å². The zero-order chi connectivity index (χ0) is 12.4. The first-order valence-electron chi connectivity index (χ1n) is 6.13. The fraction of sp³-hybridized carbons (Fsp3) is 0.750. The molecule has 2 N–H and O–H groups in total. The van der Waals surface area contributed by atoms with Crippen LogP contribution in [0.3, 0.4) is 0 Å². The zero-order valence-electron chi connectivity index (χ0n) is 10.4. The number of ether oxygens (including phenoxy) is 1. The number of nitrogens with two attached hydrogens (primary N) is 1. The van der Waals surface area contributed by atoms with Crippen LogP contribution in [0.1, 0.15) is 30.7 Å². The molecule has 2 unspecified atom stereocenters. The van der Waals surface area contributed by atoms with Crippen LogP contribution in [-0.4, -0.2) is 22.4 Å². The number of rotatable bonds is 4. The normalized spacial score (nSPS) is 24.5. The minimum Gasteiger partial charge on any atom is -0.372 e. The number of aromatic nitrogens is 2. The van der Waals surface area contributed by atoms with Crippen LogP contribution in [0, 0.1) is 12.8 Å². The lowest BCUT2D eigenvalue weighted by atomic mass is 10.1. The summed E-state index contributed by atoms with van der Waals surface area (Å²) in [6.07, 6.45) is 3.89. The van der Waals surface area contributed by atoms with Crippen LogP contribution in [0.2, 0.25) is 0 Å². The van der Waals surface area contributed by atoms with Crippen LogP contribution < -0.4 is 5.73 Å². The molecule has 1 fully saturated rings. The maximum Gasteiger partial charge on any atom is 0.0900 e. The summed E-state index contributed by atoms with van der Waals surface area (Å²) in [7, 11) is 1.95. The lowest BCUT2D eigenvalue weighted by molar-refractivity contribution is 0.0149. The Morgan fingerprint density at radius 1 is 1.53 bits per heavy atom. The number of aryl methyl sites for hydroxylation is 2. The van der Waals surface area contributed by atoms with E-state index < -0.39 is 0 Å². The van der Waals surface area contributed by atoms with Gasteiger partial charge in [0.25, 0.3) is 0 Å². The van der Waals surface area contributed by atoms with Gasteiger partial charge in [-0.1, -0.05) is 6.42 Å². The number of nitrogens with zero attached hydrogens (tertiary/aromatic N) is 2. The van der Waals surface area contributed by atoms with E-state index in [9.17, 15) is 0 Å². The van der Waals surface area contributed by atoms with E-state index in [1.54, 1.807) is 0 Å². The smallest absolute Gasteiger partial charge is 0.0900 e. The molecule has 4 nitrogen and oxygen atoms in total. The van der Waals surface area contributed by atoms with Crippen molar-refractivity contribution < 1.29 is 4.74 Å². The van der Waals surface area contributed by atoms with Gasteiger partial charge in [0.05, 0.1) is 28.6 Å². The standard InChI is InChI=1S/C12H20BrN3O/c1-8-12(13)10(16(2)15-8)7-17-11-5-3-4-9(11)6-14/h9,11H,3-7,14H2,1-2H3. The molecule has 1 saturated carbocycles. The minimum absolute atomic E-state index is 0.321. The molecule has 5 heteroatoms. The lowest BCUT2D eigenvalue weighted by Crippen LogP contribution is -2.25. The Bertz CT molecular complexity index is 391. The predicted molar refractivity (Wildman–Crippen MR) is 70.6 cm³/mol. The van der Waals surface area contributed by atoms with Gasteiger partial charge in [-0.25, -0.2) is 0 Å². The van der Waals surface area contributed by atoms with Gasteiger partial charge in [0.2, 0.25) is 0 Å². The molecule has 0 radical (unpaired) electrons. The Kier molecular flexibility index (Phi) is 4.22. The maximum absolute atomic E-state index is 6.00. The van der Waals surface area contributed by atoms with Gasteiger partial charge in [0.15, 0.2) is 0 Å². The molecule has 96 valence electrons. The molecule has 0 spiro atoms. The predicted octanol–water partition coefficient (Wildman–Crippen LogP) is 2.14. The average molecular weight is 302 g/mol. The third-order valence-electron chi connectivity index (χ3n) is 3.59. The van der Waals surface area contributed by atoms with Crippen molar-refractivity contribution in [2.24, 2.45) is 18.7 Å². The van der Waals surface area contributed by atoms with Crippen molar-refractivity contribution in [1.29, 1.82) is 0 Å². The third-order valence-corrected chi connectivity index (χ3v) is 4.62. The van der Waals surface area contributed by atoms with E-state index in [4.69, 9.17) is 10.5 Å². The summed E-state index contributed by atoms with van der Waals surface area (Å²) in [5, 5.41) is 4.36. The van der Waals surface area contributed by atoms with Crippen LogP contribution in [0.15, 0.2) is 4.47 Å². The van der Waals surface area contributed by atoms with E-state index in [-0.39, 0.29) is 0 Å². The molecule has 0 amide bonds. The summed E-state index contributed by atoms with van der Waals surface area (Å²) >= 11 is 3.55. The summed E-state index contributed by atoms with van der Waals surface area (Å²) in [6.45, 7) is 3.33. The monoisotopic (exact) mass is 301 g/mol. The van der Waals surface area contributed by atoms with Crippen molar-refractivity contribution in [1.82, 2.24) is 9.78 Å². The molecular formula is C12H20BrN3O. The number of halogens is 1. The highest BCUT2D eigenvalue weighted by Gasteiger charge is 2.27. The Hall–Kier alpha value is -0.390. The van der Waals surface area contributed by atoms with Gasteiger partial charge in [-0.2, -0.15) is 5.10 Å². The molecule has 0 aliphatic heterocycles. The van der Waals surface area contributed by atoms with Crippen molar-refractivity contribution in [3.63, 3.8) is 0 Å². The molecule has 1 heterocycles. The lowest BCUT2D eigenvalue weighted by Gasteiger charge is -2.18. The molecular weight excluding hydrogens is 282 g/mol. The molecule has 0 bridgehead atoms. The van der Waals surface area contributed by atoms with E-state index in [0.717, 1.165) is 28.8 Å².